The highest BCUT2D eigenvalue weighted by atomic mass is 16.5. The van der Waals surface area contributed by atoms with E-state index in [1.54, 1.807) is 6.21 Å². The first kappa shape index (κ1) is 19.2. The van der Waals surface area contributed by atoms with Gasteiger partial charge in [-0.05, 0) is 50.1 Å². The summed E-state index contributed by atoms with van der Waals surface area (Å²) in [6.45, 7) is 6.58. The van der Waals surface area contributed by atoms with Crippen LogP contribution in [0.25, 0.3) is 0 Å². The molecule has 0 aliphatic rings. The molecule has 5 heteroatoms. The predicted octanol–water partition coefficient (Wildman–Crippen LogP) is 5.50. The Morgan fingerprint density at radius 2 is 1.86 bits per heavy atom. The maximum atomic E-state index is 9.29. The molecular formula is C23H22N2O3. The molecule has 3 rings (SSSR count). The molecule has 0 aliphatic carbocycles. The largest absolute Gasteiger partial charge is 0.490 e. The summed E-state index contributed by atoms with van der Waals surface area (Å²) in [5, 5.41) is 9.29. The Balaban J connectivity index is 1.80. The Bertz CT molecular complexity index is 1010. The summed E-state index contributed by atoms with van der Waals surface area (Å²) in [5.41, 5.74) is 3.19. The number of nitriles is 1. The third-order valence-electron chi connectivity index (χ3n) is 4.31. The molecule has 0 unspecified atom stereocenters. The monoisotopic (exact) mass is 374 g/mol. The van der Waals surface area contributed by atoms with Gasteiger partial charge in [0.25, 0.3) is 0 Å². The van der Waals surface area contributed by atoms with Crippen LogP contribution < -0.4 is 9.47 Å². The average Bonchev–Trinajstić information content (AvgIpc) is 2.99. The Hall–Kier alpha value is -3.52. The quantitative estimate of drug-likeness (QED) is 0.512. The van der Waals surface area contributed by atoms with E-state index in [9.17, 15) is 5.26 Å². The molecule has 0 saturated heterocycles. The number of ether oxygens (including phenoxy) is 2. The summed E-state index contributed by atoms with van der Waals surface area (Å²) in [6, 6.07) is 17.7. The molecule has 2 aromatic carbocycles. The van der Waals surface area contributed by atoms with Crippen LogP contribution in [0.2, 0.25) is 0 Å². The maximum absolute atomic E-state index is 9.29. The third kappa shape index (κ3) is 4.41. The first-order chi connectivity index (χ1) is 13.6. The van der Waals surface area contributed by atoms with E-state index >= 15 is 0 Å². The molecule has 28 heavy (non-hydrogen) atoms. The molecule has 1 aromatic heterocycles. The minimum Gasteiger partial charge on any atom is -0.490 e. The number of aryl methyl sites for hydroxylation is 1. The van der Waals surface area contributed by atoms with Crippen LogP contribution in [0.4, 0.5) is 5.88 Å². The second-order valence-corrected chi connectivity index (χ2v) is 6.25. The summed E-state index contributed by atoms with van der Waals surface area (Å²) >= 11 is 0. The van der Waals surface area contributed by atoms with Crippen molar-refractivity contribution in [3.05, 3.63) is 76.5 Å². The Morgan fingerprint density at radius 3 is 2.57 bits per heavy atom. The molecule has 3 aromatic rings. The van der Waals surface area contributed by atoms with Crippen LogP contribution in [0, 0.1) is 25.2 Å². The summed E-state index contributed by atoms with van der Waals surface area (Å²) in [6.07, 6.45) is 1.65. The van der Waals surface area contributed by atoms with Gasteiger partial charge in [-0.15, -0.1) is 0 Å². The van der Waals surface area contributed by atoms with Crippen molar-refractivity contribution in [3.63, 3.8) is 0 Å². The van der Waals surface area contributed by atoms with Gasteiger partial charge in [-0.2, -0.15) is 5.26 Å². The van der Waals surface area contributed by atoms with Gasteiger partial charge in [0.2, 0.25) is 5.88 Å². The molecule has 0 aliphatic heterocycles. The predicted molar refractivity (Wildman–Crippen MR) is 109 cm³/mol. The van der Waals surface area contributed by atoms with Crippen molar-refractivity contribution in [3.8, 4) is 17.6 Å². The highest BCUT2D eigenvalue weighted by Gasteiger charge is 2.13. The van der Waals surface area contributed by atoms with Crippen molar-refractivity contribution < 1.29 is 13.9 Å². The van der Waals surface area contributed by atoms with E-state index in [0.29, 0.717) is 41.9 Å². The van der Waals surface area contributed by atoms with Gasteiger partial charge in [0, 0.05) is 11.8 Å². The van der Waals surface area contributed by atoms with E-state index < -0.39 is 0 Å². The average molecular weight is 374 g/mol. The number of rotatable bonds is 7. The normalized spacial score (nSPS) is 10.8. The fraction of sp³-hybridized carbons (Fsp3) is 0.217. The van der Waals surface area contributed by atoms with Gasteiger partial charge >= 0.3 is 0 Å². The van der Waals surface area contributed by atoms with E-state index in [4.69, 9.17) is 13.9 Å². The molecule has 0 saturated carbocycles. The molecule has 0 fully saturated rings. The van der Waals surface area contributed by atoms with Crippen LogP contribution in [-0.2, 0) is 6.61 Å². The zero-order valence-corrected chi connectivity index (χ0v) is 16.2. The smallest absolute Gasteiger partial charge is 0.237 e. The lowest BCUT2D eigenvalue weighted by Crippen LogP contribution is -2.00. The molecular weight excluding hydrogens is 352 g/mol. The first-order valence-electron chi connectivity index (χ1n) is 9.10. The van der Waals surface area contributed by atoms with Gasteiger partial charge in [0.15, 0.2) is 11.5 Å². The fourth-order valence-electron chi connectivity index (χ4n) is 2.69. The molecule has 0 spiro atoms. The van der Waals surface area contributed by atoms with Gasteiger partial charge < -0.3 is 13.9 Å². The van der Waals surface area contributed by atoms with Crippen molar-refractivity contribution in [2.75, 3.05) is 6.61 Å². The Labute approximate surface area is 164 Å². The fourth-order valence-corrected chi connectivity index (χ4v) is 2.69. The van der Waals surface area contributed by atoms with Crippen molar-refractivity contribution >= 4 is 12.1 Å². The van der Waals surface area contributed by atoms with Crippen molar-refractivity contribution in [2.24, 2.45) is 4.99 Å². The van der Waals surface area contributed by atoms with Crippen molar-refractivity contribution in [1.82, 2.24) is 0 Å². The molecule has 0 bridgehead atoms. The van der Waals surface area contributed by atoms with E-state index in [1.165, 1.54) is 0 Å². The molecule has 0 amide bonds. The summed E-state index contributed by atoms with van der Waals surface area (Å²) in [5.74, 6) is 2.34. The lowest BCUT2D eigenvalue weighted by atomic mass is 10.2. The second-order valence-electron chi connectivity index (χ2n) is 6.25. The van der Waals surface area contributed by atoms with Gasteiger partial charge in [0.1, 0.15) is 24.0 Å². The summed E-state index contributed by atoms with van der Waals surface area (Å²) in [4.78, 5) is 4.34. The lowest BCUT2D eigenvalue weighted by molar-refractivity contribution is 0.269. The number of aliphatic imine (C=N–C) groups is 1. The lowest BCUT2D eigenvalue weighted by Gasteiger charge is -2.12. The minimum absolute atomic E-state index is 0.319. The van der Waals surface area contributed by atoms with Crippen molar-refractivity contribution in [2.45, 2.75) is 27.4 Å². The van der Waals surface area contributed by atoms with Crippen LogP contribution in [-0.4, -0.2) is 12.8 Å². The van der Waals surface area contributed by atoms with Gasteiger partial charge in [-0.25, -0.2) is 4.99 Å². The number of hydrogen-bond acceptors (Lipinski definition) is 5. The highest BCUT2D eigenvalue weighted by molar-refractivity contribution is 5.83. The van der Waals surface area contributed by atoms with E-state index in [-0.39, 0.29) is 0 Å². The SMILES string of the molecule is CCOc1cc(C=Nc2oc(C)c(C)c2C#N)ccc1OCc1ccccc1. The topological polar surface area (TPSA) is 67.8 Å². The number of furan rings is 1. The maximum Gasteiger partial charge on any atom is 0.237 e. The van der Waals surface area contributed by atoms with Gasteiger partial charge in [-0.3, -0.25) is 0 Å². The zero-order chi connectivity index (χ0) is 19.9. The summed E-state index contributed by atoms with van der Waals surface area (Å²) < 4.78 is 17.2. The molecule has 1 heterocycles. The second kappa shape index (κ2) is 8.92. The number of benzene rings is 2. The number of hydrogen-bond donors (Lipinski definition) is 0. The van der Waals surface area contributed by atoms with Crippen molar-refractivity contribution in [1.29, 1.82) is 5.26 Å². The summed E-state index contributed by atoms with van der Waals surface area (Å²) in [7, 11) is 0. The van der Waals surface area contributed by atoms with Crippen LogP contribution in [0.5, 0.6) is 11.5 Å². The first-order valence-corrected chi connectivity index (χ1v) is 9.10. The molecule has 0 atom stereocenters. The van der Waals surface area contributed by atoms with E-state index in [1.807, 2.05) is 69.3 Å². The van der Waals surface area contributed by atoms with Crippen LogP contribution in [0.15, 0.2) is 57.9 Å². The molecule has 0 N–H and O–H groups in total. The van der Waals surface area contributed by atoms with Gasteiger partial charge in [0.05, 0.1) is 6.61 Å². The Kier molecular flexibility index (Phi) is 6.13. The standard InChI is InChI=1S/C23H22N2O3/c1-4-26-22-12-19(14-25-23-20(13-24)16(2)17(3)28-23)10-11-21(22)27-15-18-8-6-5-7-9-18/h5-12,14H,4,15H2,1-3H3. The number of nitrogens with zero attached hydrogens (tertiary/aromatic N) is 2. The van der Waals surface area contributed by atoms with Crippen LogP contribution >= 0.6 is 0 Å². The van der Waals surface area contributed by atoms with E-state index in [0.717, 1.165) is 16.7 Å². The van der Waals surface area contributed by atoms with Gasteiger partial charge in [-0.1, -0.05) is 30.3 Å². The third-order valence-corrected chi connectivity index (χ3v) is 4.31. The Morgan fingerprint density at radius 1 is 1.07 bits per heavy atom. The van der Waals surface area contributed by atoms with E-state index in [2.05, 4.69) is 11.1 Å². The zero-order valence-electron chi connectivity index (χ0n) is 16.2. The molecule has 5 nitrogen and oxygen atoms in total. The molecule has 142 valence electrons. The minimum atomic E-state index is 0.319. The van der Waals surface area contributed by atoms with Crippen LogP contribution in [0.1, 0.15) is 34.9 Å². The molecule has 0 radical (unpaired) electrons. The van der Waals surface area contributed by atoms with Crippen LogP contribution in [0.3, 0.4) is 0 Å². The highest BCUT2D eigenvalue weighted by Crippen LogP contribution is 2.30.